The lowest BCUT2D eigenvalue weighted by Gasteiger charge is -2.29. The van der Waals surface area contributed by atoms with Gasteiger partial charge >= 0.3 is 0 Å². The van der Waals surface area contributed by atoms with Gasteiger partial charge in [-0.2, -0.15) is 0 Å². The Hall–Kier alpha value is -1.47. The predicted octanol–water partition coefficient (Wildman–Crippen LogP) is 5.09. The van der Waals surface area contributed by atoms with Gasteiger partial charge in [0, 0.05) is 5.56 Å². The van der Waals surface area contributed by atoms with Crippen molar-refractivity contribution in [1.82, 2.24) is 0 Å². The van der Waals surface area contributed by atoms with Gasteiger partial charge in [0.15, 0.2) is 0 Å². The van der Waals surface area contributed by atoms with Crippen molar-refractivity contribution in [3.8, 4) is 5.75 Å². The van der Waals surface area contributed by atoms with E-state index in [1.165, 1.54) is 16.7 Å². The molecule has 0 heterocycles. The van der Waals surface area contributed by atoms with Crippen molar-refractivity contribution < 1.29 is 4.74 Å². The molecule has 0 amide bonds. The molecule has 0 saturated carbocycles. The number of ether oxygens (including phenoxy) is 1. The van der Waals surface area contributed by atoms with Crippen molar-refractivity contribution in [3.05, 3.63) is 64.7 Å². The number of methoxy groups -OCH3 is 1. The number of hydrogen-bond acceptors (Lipinski definition) is 1. The zero-order valence-corrected chi connectivity index (χ0v) is 13.4. The van der Waals surface area contributed by atoms with Crippen LogP contribution in [0.25, 0.3) is 0 Å². The lowest BCUT2D eigenvalue weighted by Crippen LogP contribution is -2.19. The van der Waals surface area contributed by atoms with E-state index in [1.807, 2.05) is 6.07 Å². The molecule has 1 aliphatic rings. The number of fused-ring (bicyclic) bond motifs is 1. The highest BCUT2D eigenvalue weighted by atomic mass is 35.5. The minimum Gasteiger partial charge on any atom is -0.496 e. The summed E-state index contributed by atoms with van der Waals surface area (Å²) in [6.45, 7) is 2.10. The molecule has 2 heteroatoms. The van der Waals surface area contributed by atoms with Crippen LogP contribution in [-0.2, 0) is 12.8 Å². The molecule has 21 heavy (non-hydrogen) atoms. The van der Waals surface area contributed by atoms with Crippen LogP contribution in [0.4, 0.5) is 0 Å². The Morgan fingerprint density at radius 1 is 1.14 bits per heavy atom. The summed E-state index contributed by atoms with van der Waals surface area (Å²) in [4.78, 5) is 0. The summed E-state index contributed by atoms with van der Waals surface area (Å²) in [5, 5.41) is 0.00760. The normalized spacial score (nSPS) is 18.9. The molecule has 0 aromatic heterocycles. The first-order chi connectivity index (χ1) is 10.2. The monoisotopic (exact) mass is 300 g/mol. The maximum atomic E-state index is 6.83. The van der Waals surface area contributed by atoms with Crippen LogP contribution >= 0.6 is 11.6 Å². The Morgan fingerprint density at radius 2 is 1.90 bits per heavy atom. The highest BCUT2D eigenvalue weighted by Crippen LogP contribution is 2.41. The lowest BCUT2D eigenvalue weighted by atomic mass is 9.80. The number of alkyl halides is 1. The van der Waals surface area contributed by atoms with E-state index >= 15 is 0 Å². The highest BCUT2D eigenvalue weighted by Gasteiger charge is 2.27. The van der Waals surface area contributed by atoms with E-state index in [9.17, 15) is 0 Å². The largest absolute Gasteiger partial charge is 0.496 e. The van der Waals surface area contributed by atoms with Crippen LogP contribution in [0.1, 0.15) is 34.1 Å². The molecule has 1 nitrogen and oxygen atoms in total. The molecule has 0 spiro atoms. The van der Waals surface area contributed by atoms with E-state index in [-0.39, 0.29) is 5.38 Å². The van der Waals surface area contributed by atoms with Gasteiger partial charge < -0.3 is 4.74 Å². The number of halogens is 1. The first-order valence-corrected chi connectivity index (χ1v) is 7.98. The van der Waals surface area contributed by atoms with Crippen molar-refractivity contribution >= 4 is 11.6 Å². The molecule has 2 aromatic rings. The van der Waals surface area contributed by atoms with E-state index in [4.69, 9.17) is 16.3 Å². The van der Waals surface area contributed by atoms with E-state index in [2.05, 4.69) is 43.3 Å². The summed E-state index contributed by atoms with van der Waals surface area (Å²) in [6, 6.07) is 15.0. The minimum absolute atomic E-state index is 0.00760. The Balaban J connectivity index is 1.87. The molecule has 0 fully saturated rings. The third-order valence-corrected chi connectivity index (χ3v) is 5.07. The van der Waals surface area contributed by atoms with E-state index in [0.29, 0.717) is 5.92 Å². The van der Waals surface area contributed by atoms with E-state index in [1.54, 1.807) is 7.11 Å². The lowest BCUT2D eigenvalue weighted by molar-refractivity contribution is 0.392. The maximum absolute atomic E-state index is 6.83. The van der Waals surface area contributed by atoms with Crippen LogP contribution in [0.3, 0.4) is 0 Å². The van der Waals surface area contributed by atoms with E-state index in [0.717, 1.165) is 30.6 Å². The fraction of sp³-hybridized carbons (Fsp3) is 0.368. The Kier molecular flexibility index (Phi) is 4.21. The molecular weight excluding hydrogens is 280 g/mol. The molecule has 2 unspecified atom stereocenters. The van der Waals surface area contributed by atoms with Crippen molar-refractivity contribution in [3.63, 3.8) is 0 Å². The predicted molar refractivity (Wildman–Crippen MR) is 88.3 cm³/mol. The van der Waals surface area contributed by atoms with Crippen LogP contribution < -0.4 is 4.74 Å². The number of rotatable bonds is 3. The number of benzene rings is 2. The van der Waals surface area contributed by atoms with Crippen molar-refractivity contribution in [2.24, 2.45) is 5.92 Å². The van der Waals surface area contributed by atoms with Gasteiger partial charge in [-0.05, 0) is 49.3 Å². The Bertz CT molecular complexity index is 635. The van der Waals surface area contributed by atoms with Gasteiger partial charge in [-0.1, -0.05) is 42.0 Å². The summed E-state index contributed by atoms with van der Waals surface area (Å²) in [5.41, 5.74) is 5.29. The topological polar surface area (TPSA) is 9.23 Å². The van der Waals surface area contributed by atoms with E-state index < -0.39 is 0 Å². The zero-order valence-electron chi connectivity index (χ0n) is 12.6. The van der Waals surface area contributed by atoms with Crippen molar-refractivity contribution in [1.29, 1.82) is 0 Å². The fourth-order valence-corrected chi connectivity index (χ4v) is 3.68. The van der Waals surface area contributed by atoms with Crippen molar-refractivity contribution in [2.75, 3.05) is 7.11 Å². The summed E-state index contributed by atoms with van der Waals surface area (Å²) in [6.07, 6.45) is 3.32. The Labute approximate surface area is 131 Å². The molecule has 0 radical (unpaired) electrons. The SMILES string of the molecule is COc1ccc(C)cc1C(Cl)C1CCc2ccccc2C1. The maximum Gasteiger partial charge on any atom is 0.123 e. The van der Waals surface area contributed by atoms with Crippen LogP contribution in [-0.4, -0.2) is 7.11 Å². The van der Waals surface area contributed by atoms with Crippen LogP contribution in [0.2, 0.25) is 0 Å². The average molecular weight is 301 g/mol. The molecule has 0 saturated heterocycles. The summed E-state index contributed by atoms with van der Waals surface area (Å²) >= 11 is 6.83. The number of aryl methyl sites for hydroxylation is 2. The van der Waals surface area contributed by atoms with Crippen molar-refractivity contribution in [2.45, 2.75) is 31.6 Å². The average Bonchev–Trinajstić information content (AvgIpc) is 2.53. The first kappa shape index (κ1) is 14.5. The third-order valence-electron chi connectivity index (χ3n) is 4.48. The summed E-state index contributed by atoms with van der Waals surface area (Å²) < 4.78 is 5.50. The number of hydrogen-bond donors (Lipinski definition) is 0. The van der Waals surface area contributed by atoms with Gasteiger partial charge in [0.25, 0.3) is 0 Å². The molecule has 2 aromatic carbocycles. The van der Waals surface area contributed by atoms with Gasteiger partial charge in [0.1, 0.15) is 5.75 Å². The van der Waals surface area contributed by atoms with Gasteiger partial charge in [-0.15, -0.1) is 11.6 Å². The second-order valence-corrected chi connectivity index (χ2v) is 6.39. The third kappa shape index (κ3) is 2.94. The van der Waals surface area contributed by atoms with Crippen LogP contribution in [0.5, 0.6) is 5.75 Å². The molecule has 2 atom stereocenters. The van der Waals surface area contributed by atoms with Crippen LogP contribution in [0.15, 0.2) is 42.5 Å². The molecule has 0 aliphatic heterocycles. The van der Waals surface area contributed by atoms with Gasteiger partial charge in [-0.3, -0.25) is 0 Å². The summed E-state index contributed by atoms with van der Waals surface area (Å²) in [5.74, 6) is 1.37. The van der Waals surface area contributed by atoms with Crippen LogP contribution in [0, 0.1) is 12.8 Å². The quantitative estimate of drug-likeness (QED) is 0.718. The summed E-state index contributed by atoms with van der Waals surface area (Å²) in [7, 11) is 1.72. The smallest absolute Gasteiger partial charge is 0.123 e. The first-order valence-electron chi connectivity index (χ1n) is 7.54. The van der Waals surface area contributed by atoms with Gasteiger partial charge in [-0.25, -0.2) is 0 Å². The molecule has 110 valence electrons. The molecular formula is C19H21ClO. The standard InChI is InChI=1S/C19H21ClO/c1-13-7-10-18(21-2)17(11-13)19(20)16-9-8-14-5-3-4-6-15(14)12-16/h3-7,10-11,16,19H,8-9,12H2,1-2H3. The second-order valence-electron chi connectivity index (χ2n) is 5.92. The molecule has 0 bridgehead atoms. The van der Waals surface area contributed by atoms with Gasteiger partial charge in [0.2, 0.25) is 0 Å². The molecule has 1 aliphatic carbocycles. The van der Waals surface area contributed by atoms with Gasteiger partial charge in [0.05, 0.1) is 12.5 Å². The molecule has 0 N–H and O–H groups in total. The fourth-order valence-electron chi connectivity index (χ4n) is 3.30. The Morgan fingerprint density at radius 3 is 2.67 bits per heavy atom. The highest BCUT2D eigenvalue weighted by molar-refractivity contribution is 6.21. The second kappa shape index (κ2) is 6.11. The zero-order chi connectivity index (χ0) is 14.8. The minimum atomic E-state index is 0.00760. The molecule has 3 rings (SSSR count).